The van der Waals surface area contributed by atoms with Crippen LogP contribution in [0.4, 0.5) is 14.5 Å². The molecule has 0 radical (unpaired) electrons. The number of alkyl halides is 2. The van der Waals surface area contributed by atoms with Gasteiger partial charge in [0.15, 0.2) is 5.75 Å². The molecule has 0 atom stereocenters. The van der Waals surface area contributed by atoms with Gasteiger partial charge in [0, 0.05) is 31.0 Å². The van der Waals surface area contributed by atoms with Crippen LogP contribution in [0.1, 0.15) is 42.1 Å². The summed E-state index contributed by atoms with van der Waals surface area (Å²) in [5.41, 5.74) is -0.435. The maximum atomic E-state index is 13.1. The Morgan fingerprint density at radius 1 is 1.23 bits per heavy atom. The molecule has 168 valence electrons. The van der Waals surface area contributed by atoms with Gasteiger partial charge in [-0.1, -0.05) is 18.0 Å². The van der Waals surface area contributed by atoms with Crippen LogP contribution in [-0.2, 0) is 21.6 Å². The van der Waals surface area contributed by atoms with Gasteiger partial charge in [-0.25, -0.2) is 8.89 Å². The van der Waals surface area contributed by atoms with E-state index in [0.717, 1.165) is 12.5 Å². The van der Waals surface area contributed by atoms with E-state index < -0.39 is 28.1 Å². The topological polar surface area (TPSA) is 99.8 Å². The zero-order valence-corrected chi connectivity index (χ0v) is 18.3. The molecule has 1 saturated heterocycles. The summed E-state index contributed by atoms with van der Waals surface area (Å²) in [4.78, 5) is 24.5. The van der Waals surface area contributed by atoms with Gasteiger partial charge >= 0.3 is 12.6 Å². The predicted octanol–water partition coefficient (Wildman–Crippen LogP) is 4.11. The zero-order chi connectivity index (χ0) is 22.8. The van der Waals surface area contributed by atoms with Crippen LogP contribution in [0.5, 0.6) is 11.6 Å². The minimum atomic E-state index is -3.16. The molecule has 0 unspecified atom stereocenters. The molecule has 2 heterocycles. The highest BCUT2D eigenvalue weighted by atomic mass is 35.5. The van der Waals surface area contributed by atoms with Crippen molar-refractivity contribution in [2.24, 2.45) is 11.4 Å². The van der Waals surface area contributed by atoms with Gasteiger partial charge in [0.25, 0.3) is 0 Å². The highest BCUT2D eigenvalue weighted by molar-refractivity contribution is 7.93. The van der Waals surface area contributed by atoms with Crippen molar-refractivity contribution >= 4 is 38.8 Å². The fourth-order valence-electron chi connectivity index (χ4n) is 3.17. The van der Waals surface area contributed by atoms with Gasteiger partial charge in [0.1, 0.15) is 11.3 Å². The maximum absolute atomic E-state index is 13.1. The van der Waals surface area contributed by atoms with Gasteiger partial charge in [-0.05, 0) is 25.0 Å². The molecule has 1 aromatic heterocycles. The first kappa shape index (κ1) is 23.1. The molecule has 2 aromatic rings. The first-order valence-electron chi connectivity index (χ1n) is 9.36. The van der Waals surface area contributed by atoms with Crippen molar-refractivity contribution in [3.05, 3.63) is 34.5 Å². The first-order valence-corrected chi connectivity index (χ1v) is 11.6. The van der Waals surface area contributed by atoms with Gasteiger partial charge in [-0.3, -0.25) is 9.59 Å². The van der Waals surface area contributed by atoms with E-state index in [1.807, 2.05) is 0 Å². The summed E-state index contributed by atoms with van der Waals surface area (Å²) in [5.74, 6) is -1.21. The fourth-order valence-corrected chi connectivity index (χ4v) is 5.72. The Kier molecular flexibility index (Phi) is 6.95. The second-order valence-electron chi connectivity index (χ2n) is 6.89. The molecule has 3 rings (SSSR count). The summed E-state index contributed by atoms with van der Waals surface area (Å²) in [5, 5.41) is 3.63. The molecule has 1 aliphatic rings. The molecule has 31 heavy (non-hydrogen) atoms. The van der Waals surface area contributed by atoms with Crippen molar-refractivity contribution in [2.75, 3.05) is 11.5 Å². The van der Waals surface area contributed by atoms with E-state index in [9.17, 15) is 22.6 Å². The maximum Gasteiger partial charge on any atom is 0.387 e. The number of benzene rings is 1. The Bertz CT molecular complexity index is 1130. The van der Waals surface area contributed by atoms with Crippen LogP contribution in [-0.4, -0.2) is 43.9 Å². The Hall–Kier alpha value is -2.53. The molecule has 1 aromatic carbocycles. The smallest absolute Gasteiger partial charge is 0.387 e. The highest BCUT2D eigenvalue weighted by Gasteiger charge is 2.27. The number of esters is 1. The molecule has 0 spiro atoms. The SMILES string of the molecule is CC(=O)Oc1c(C(=O)c2ccc(OC(F)F)c(N=S3(=O)CCCCC3)c2Cl)cnn1C. The highest BCUT2D eigenvalue weighted by Crippen LogP contribution is 2.41. The number of carbonyl (C=O) groups excluding carboxylic acids is 2. The molecule has 1 fully saturated rings. The van der Waals surface area contributed by atoms with E-state index in [1.54, 1.807) is 0 Å². The molecular weight excluding hydrogens is 456 g/mol. The van der Waals surface area contributed by atoms with E-state index in [-0.39, 0.29) is 33.5 Å². The summed E-state index contributed by atoms with van der Waals surface area (Å²) in [6.07, 6.45) is 3.47. The average molecular weight is 476 g/mol. The largest absolute Gasteiger partial charge is 0.432 e. The van der Waals surface area contributed by atoms with E-state index in [4.69, 9.17) is 16.3 Å². The number of nitrogens with zero attached hydrogens (tertiary/aromatic N) is 3. The third kappa shape index (κ3) is 5.21. The summed E-state index contributed by atoms with van der Waals surface area (Å²) >= 11 is 6.39. The monoisotopic (exact) mass is 475 g/mol. The molecule has 0 saturated carbocycles. The second kappa shape index (κ2) is 9.31. The lowest BCUT2D eigenvalue weighted by atomic mass is 10.0. The number of carbonyl (C=O) groups is 2. The predicted molar refractivity (Wildman–Crippen MR) is 110 cm³/mol. The molecule has 1 aliphatic heterocycles. The van der Waals surface area contributed by atoms with E-state index in [0.29, 0.717) is 24.3 Å². The molecular formula is C19H20ClF2N3O5S. The van der Waals surface area contributed by atoms with Gasteiger partial charge in [0.2, 0.25) is 11.7 Å². The van der Waals surface area contributed by atoms with Crippen LogP contribution in [0.2, 0.25) is 5.02 Å². The molecule has 8 nitrogen and oxygen atoms in total. The number of hydrogen-bond donors (Lipinski definition) is 0. The number of hydrogen-bond acceptors (Lipinski definition) is 7. The van der Waals surface area contributed by atoms with Crippen molar-refractivity contribution in [2.45, 2.75) is 32.8 Å². The van der Waals surface area contributed by atoms with Crippen LogP contribution in [0.3, 0.4) is 0 Å². The third-order valence-electron chi connectivity index (χ3n) is 4.59. The second-order valence-corrected chi connectivity index (χ2v) is 9.82. The first-order chi connectivity index (χ1) is 14.6. The van der Waals surface area contributed by atoms with Gasteiger partial charge in [-0.2, -0.15) is 18.2 Å². The van der Waals surface area contributed by atoms with Crippen LogP contribution in [0.15, 0.2) is 22.7 Å². The number of halogens is 3. The minimum absolute atomic E-state index is 0.0603. The Labute approximate surface area is 182 Å². The average Bonchev–Trinajstić information content (AvgIpc) is 3.04. The molecule has 0 amide bonds. The zero-order valence-electron chi connectivity index (χ0n) is 16.8. The number of aryl methyl sites for hydroxylation is 1. The summed E-state index contributed by atoms with van der Waals surface area (Å²) in [6, 6.07) is 2.32. The van der Waals surface area contributed by atoms with Crippen molar-refractivity contribution < 1.29 is 32.1 Å². The molecule has 0 aliphatic carbocycles. The van der Waals surface area contributed by atoms with Crippen LogP contribution < -0.4 is 9.47 Å². The van der Waals surface area contributed by atoms with Crippen LogP contribution in [0.25, 0.3) is 0 Å². The Balaban J connectivity index is 2.13. The lowest BCUT2D eigenvalue weighted by Gasteiger charge is -2.17. The normalized spacial score (nSPS) is 15.5. The van der Waals surface area contributed by atoms with Crippen molar-refractivity contribution in [1.82, 2.24) is 9.78 Å². The molecule has 0 bridgehead atoms. The molecule has 0 N–H and O–H groups in total. The van der Waals surface area contributed by atoms with Gasteiger partial charge in [0.05, 0.1) is 20.9 Å². The Morgan fingerprint density at radius 2 is 1.90 bits per heavy atom. The van der Waals surface area contributed by atoms with E-state index in [2.05, 4.69) is 14.2 Å². The number of aromatic nitrogens is 2. The van der Waals surface area contributed by atoms with Crippen LogP contribution >= 0.6 is 11.6 Å². The lowest BCUT2D eigenvalue weighted by Crippen LogP contribution is -2.16. The standard InChI is InChI=1S/C19H20ClF2N3O5S/c1-11(26)29-18-13(10-23-25(18)2)17(27)12-6-7-14(30-19(21)22)16(15(12)20)24-31(28)8-4-3-5-9-31/h6-7,10,19H,3-5,8-9H2,1-2H3. The number of ketones is 1. The quantitative estimate of drug-likeness (QED) is 0.460. The minimum Gasteiger partial charge on any atom is -0.432 e. The summed E-state index contributed by atoms with van der Waals surface area (Å²) in [7, 11) is -1.26. The molecule has 12 heteroatoms. The summed E-state index contributed by atoms with van der Waals surface area (Å²) < 4.78 is 53.8. The van der Waals surface area contributed by atoms with E-state index in [1.165, 1.54) is 30.9 Å². The Morgan fingerprint density at radius 3 is 2.52 bits per heavy atom. The van der Waals surface area contributed by atoms with Gasteiger partial charge < -0.3 is 9.47 Å². The fraction of sp³-hybridized carbons (Fsp3) is 0.421. The lowest BCUT2D eigenvalue weighted by molar-refractivity contribution is -0.132. The van der Waals surface area contributed by atoms with Gasteiger partial charge in [-0.15, -0.1) is 0 Å². The number of rotatable bonds is 6. The third-order valence-corrected chi connectivity index (χ3v) is 7.34. The van der Waals surface area contributed by atoms with Crippen LogP contribution in [0, 0.1) is 0 Å². The van der Waals surface area contributed by atoms with E-state index >= 15 is 0 Å². The van der Waals surface area contributed by atoms with Crippen molar-refractivity contribution in [3.63, 3.8) is 0 Å². The van der Waals surface area contributed by atoms with Crippen molar-refractivity contribution in [1.29, 1.82) is 0 Å². The summed E-state index contributed by atoms with van der Waals surface area (Å²) in [6.45, 7) is -1.99. The number of ether oxygens (including phenoxy) is 2. The van der Waals surface area contributed by atoms with Crippen molar-refractivity contribution in [3.8, 4) is 11.6 Å².